The van der Waals surface area contributed by atoms with Crippen molar-refractivity contribution < 1.29 is 14.3 Å². The molecule has 2 rings (SSSR count). The number of amides is 1. The third-order valence-corrected chi connectivity index (χ3v) is 3.67. The second-order valence-corrected chi connectivity index (χ2v) is 5.46. The minimum Gasteiger partial charge on any atom is -0.452 e. The van der Waals surface area contributed by atoms with Crippen molar-refractivity contribution in [2.75, 3.05) is 17.7 Å². The summed E-state index contributed by atoms with van der Waals surface area (Å²) >= 11 is 0. The molecule has 0 radical (unpaired) electrons. The van der Waals surface area contributed by atoms with E-state index < -0.39 is 11.9 Å². The molecule has 0 aliphatic rings. The van der Waals surface area contributed by atoms with E-state index in [1.54, 1.807) is 31.2 Å². The van der Waals surface area contributed by atoms with Crippen molar-refractivity contribution in [1.82, 2.24) is 0 Å². The number of esters is 1. The molecule has 0 aliphatic carbocycles. The first kappa shape index (κ1) is 16.5. The first-order chi connectivity index (χ1) is 10.9. The molecule has 0 saturated carbocycles. The van der Waals surface area contributed by atoms with Gasteiger partial charge in [-0.3, -0.25) is 4.79 Å². The molecule has 0 spiro atoms. The Morgan fingerprint density at radius 1 is 1.04 bits per heavy atom. The number of para-hydroxylation sites is 1. The molecule has 0 heterocycles. The van der Waals surface area contributed by atoms with Crippen LogP contribution in [0.5, 0.6) is 0 Å². The average Bonchev–Trinajstić information content (AvgIpc) is 2.51. The van der Waals surface area contributed by atoms with Crippen molar-refractivity contribution in [2.45, 2.75) is 20.8 Å². The molecular weight excluding hydrogens is 292 g/mol. The zero-order chi connectivity index (χ0) is 17.0. The summed E-state index contributed by atoms with van der Waals surface area (Å²) in [6.07, 6.45) is 0. The summed E-state index contributed by atoms with van der Waals surface area (Å²) in [5.74, 6) is -1.01. The van der Waals surface area contributed by atoms with Crippen LogP contribution < -0.4 is 11.1 Å². The van der Waals surface area contributed by atoms with Crippen LogP contribution in [0, 0.1) is 20.8 Å². The van der Waals surface area contributed by atoms with Crippen molar-refractivity contribution in [1.29, 1.82) is 0 Å². The van der Waals surface area contributed by atoms with Gasteiger partial charge in [-0.05, 0) is 55.7 Å². The molecule has 1 amide bonds. The van der Waals surface area contributed by atoms with Crippen molar-refractivity contribution in [3.8, 4) is 0 Å². The van der Waals surface area contributed by atoms with Crippen molar-refractivity contribution in [3.63, 3.8) is 0 Å². The zero-order valence-electron chi connectivity index (χ0n) is 13.5. The van der Waals surface area contributed by atoms with Crippen LogP contribution in [0.1, 0.15) is 27.0 Å². The Morgan fingerprint density at radius 2 is 1.78 bits per heavy atom. The Labute approximate surface area is 135 Å². The van der Waals surface area contributed by atoms with Crippen LogP contribution in [0.2, 0.25) is 0 Å². The topological polar surface area (TPSA) is 81.4 Å². The Morgan fingerprint density at radius 3 is 2.48 bits per heavy atom. The van der Waals surface area contributed by atoms with Crippen LogP contribution in [0.15, 0.2) is 36.4 Å². The fourth-order valence-corrected chi connectivity index (χ4v) is 2.08. The number of carbonyl (C=O) groups is 2. The van der Waals surface area contributed by atoms with E-state index in [1.807, 2.05) is 26.0 Å². The second-order valence-electron chi connectivity index (χ2n) is 5.46. The van der Waals surface area contributed by atoms with Gasteiger partial charge in [0.05, 0.1) is 5.56 Å². The lowest BCUT2D eigenvalue weighted by atomic mass is 10.1. The predicted octanol–water partition coefficient (Wildman–Crippen LogP) is 2.99. The van der Waals surface area contributed by atoms with Crippen LogP contribution in [-0.4, -0.2) is 18.5 Å². The first-order valence-corrected chi connectivity index (χ1v) is 7.28. The maximum absolute atomic E-state index is 12.0. The highest BCUT2D eigenvalue weighted by Gasteiger charge is 2.14. The Balaban J connectivity index is 1.94. The molecule has 0 fully saturated rings. The highest BCUT2D eigenvalue weighted by molar-refractivity contribution is 5.98. The average molecular weight is 312 g/mol. The number of nitrogen functional groups attached to an aromatic ring is 1. The fourth-order valence-electron chi connectivity index (χ4n) is 2.08. The number of nitrogens with two attached hydrogens (primary N) is 1. The summed E-state index contributed by atoms with van der Waals surface area (Å²) in [6.45, 7) is 5.40. The van der Waals surface area contributed by atoms with Crippen LogP contribution >= 0.6 is 0 Å². The van der Waals surface area contributed by atoms with Crippen LogP contribution in [0.4, 0.5) is 11.4 Å². The van der Waals surface area contributed by atoms with Gasteiger partial charge >= 0.3 is 5.97 Å². The van der Waals surface area contributed by atoms with Crippen molar-refractivity contribution >= 4 is 23.3 Å². The van der Waals surface area contributed by atoms with Crippen molar-refractivity contribution in [2.24, 2.45) is 0 Å². The summed E-state index contributed by atoms with van der Waals surface area (Å²) in [6, 6.07) is 10.7. The number of rotatable bonds is 4. The lowest BCUT2D eigenvalue weighted by molar-refractivity contribution is -0.119. The number of ether oxygens (including phenoxy) is 1. The monoisotopic (exact) mass is 312 g/mol. The normalized spacial score (nSPS) is 10.2. The van der Waals surface area contributed by atoms with Crippen LogP contribution in [-0.2, 0) is 9.53 Å². The van der Waals surface area contributed by atoms with E-state index in [0.717, 1.165) is 16.7 Å². The van der Waals surface area contributed by atoms with Gasteiger partial charge in [0.2, 0.25) is 0 Å². The van der Waals surface area contributed by atoms with Gasteiger partial charge in [0.15, 0.2) is 6.61 Å². The summed E-state index contributed by atoms with van der Waals surface area (Å²) in [5.41, 5.74) is 10.2. The van der Waals surface area contributed by atoms with E-state index in [0.29, 0.717) is 11.4 Å². The van der Waals surface area contributed by atoms with Gasteiger partial charge in [0.1, 0.15) is 0 Å². The maximum atomic E-state index is 12.0. The number of anilines is 2. The maximum Gasteiger partial charge on any atom is 0.340 e. The first-order valence-electron chi connectivity index (χ1n) is 7.28. The van der Waals surface area contributed by atoms with E-state index in [-0.39, 0.29) is 12.2 Å². The Kier molecular flexibility index (Phi) is 5.01. The predicted molar refractivity (Wildman–Crippen MR) is 90.4 cm³/mol. The Bertz CT molecular complexity index is 754. The highest BCUT2D eigenvalue weighted by atomic mass is 16.5. The minimum atomic E-state index is -0.610. The molecule has 120 valence electrons. The fraction of sp³-hybridized carbons (Fsp3) is 0.222. The lowest BCUT2D eigenvalue weighted by Crippen LogP contribution is -2.21. The molecule has 23 heavy (non-hydrogen) atoms. The second kappa shape index (κ2) is 6.96. The minimum absolute atomic E-state index is 0.268. The van der Waals surface area contributed by atoms with E-state index in [2.05, 4.69) is 5.32 Å². The Hall–Kier alpha value is -2.82. The highest BCUT2D eigenvalue weighted by Crippen LogP contribution is 2.17. The summed E-state index contributed by atoms with van der Waals surface area (Å²) in [7, 11) is 0. The van der Waals surface area contributed by atoms with Crippen LogP contribution in [0.25, 0.3) is 0 Å². The van der Waals surface area contributed by atoms with Crippen LogP contribution in [0.3, 0.4) is 0 Å². The van der Waals surface area contributed by atoms with E-state index >= 15 is 0 Å². The van der Waals surface area contributed by atoms with E-state index in [9.17, 15) is 9.59 Å². The largest absolute Gasteiger partial charge is 0.452 e. The molecule has 0 bridgehead atoms. The third kappa shape index (κ3) is 4.10. The number of aryl methyl sites for hydroxylation is 3. The van der Waals surface area contributed by atoms with Crippen molar-refractivity contribution in [3.05, 3.63) is 58.7 Å². The molecular formula is C18H20N2O3. The molecule has 5 nitrogen and oxygen atoms in total. The van der Waals surface area contributed by atoms with Gasteiger partial charge in [-0.25, -0.2) is 4.79 Å². The lowest BCUT2D eigenvalue weighted by Gasteiger charge is -2.10. The van der Waals surface area contributed by atoms with Gasteiger partial charge in [0.25, 0.3) is 5.91 Å². The molecule has 0 aliphatic heterocycles. The zero-order valence-corrected chi connectivity index (χ0v) is 13.5. The summed E-state index contributed by atoms with van der Waals surface area (Å²) in [5, 5.41) is 2.70. The third-order valence-electron chi connectivity index (χ3n) is 3.67. The number of hydrogen-bond donors (Lipinski definition) is 2. The molecule has 0 unspecified atom stereocenters. The van der Waals surface area contributed by atoms with E-state index in [4.69, 9.17) is 10.5 Å². The number of benzene rings is 2. The standard InChI is InChI=1S/C18H20N2O3/c1-11-7-8-14(9-13(11)3)20-16(21)10-23-18(22)15-6-4-5-12(2)17(15)19/h4-9H,10,19H2,1-3H3,(H,20,21). The van der Waals surface area contributed by atoms with E-state index in [1.165, 1.54) is 0 Å². The quantitative estimate of drug-likeness (QED) is 0.671. The molecule has 5 heteroatoms. The van der Waals surface area contributed by atoms with Gasteiger partial charge < -0.3 is 15.8 Å². The molecule has 0 aromatic heterocycles. The smallest absolute Gasteiger partial charge is 0.340 e. The number of nitrogens with one attached hydrogen (secondary N) is 1. The number of hydrogen-bond acceptors (Lipinski definition) is 4. The summed E-state index contributed by atoms with van der Waals surface area (Å²) in [4.78, 5) is 23.9. The molecule has 0 atom stereocenters. The molecule has 3 N–H and O–H groups in total. The molecule has 2 aromatic rings. The molecule has 0 saturated heterocycles. The van der Waals surface area contributed by atoms with Gasteiger partial charge in [-0.1, -0.05) is 18.2 Å². The van der Waals surface area contributed by atoms with Gasteiger partial charge in [-0.2, -0.15) is 0 Å². The van der Waals surface area contributed by atoms with Gasteiger partial charge in [0, 0.05) is 11.4 Å². The number of carbonyl (C=O) groups excluding carboxylic acids is 2. The molecule has 2 aromatic carbocycles. The summed E-state index contributed by atoms with van der Waals surface area (Å²) < 4.78 is 5.02. The SMILES string of the molecule is Cc1ccc(NC(=O)COC(=O)c2cccc(C)c2N)cc1C. The van der Waals surface area contributed by atoms with Gasteiger partial charge in [-0.15, -0.1) is 0 Å².